The summed E-state index contributed by atoms with van der Waals surface area (Å²) in [7, 11) is 2.17. The van der Waals surface area contributed by atoms with Gasteiger partial charge < -0.3 is 4.98 Å². The Morgan fingerprint density at radius 2 is 1.50 bits per heavy atom. The summed E-state index contributed by atoms with van der Waals surface area (Å²) in [5, 5.41) is 0. The Balaban J connectivity index is 0.000000181. The number of aromatic nitrogens is 2. The molecule has 4 heteroatoms. The average Bonchev–Trinajstić information content (AvgIpc) is 3.28. The molecule has 0 atom stereocenters. The van der Waals surface area contributed by atoms with Crippen molar-refractivity contribution in [2.24, 2.45) is 0 Å². The Morgan fingerprint density at radius 3 is 2.03 bits per heavy atom. The molecule has 3 aromatic carbocycles. The van der Waals surface area contributed by atoms with Crippen molar-refractivity contribution < 1.29 is 0 Å². The van der Waals surface area contributed by atoms with Crippen LogP contribution in [0.5, 0.6) is 0 Å². The number of hydrogen-bond acceptors (Lipinski definition) is 1. The highest BCUT2D eigenvalue weighted by molar-refractivity contribution is 9.10. The normalized spacial score (nSPS) is 10.2. The molecule has 2 nitrogen and oxygen atoms in total. The van der Waals surface area contributed by atoms with Gasteiger partial charge in [0.2, 0.25) is 0 Å². The van der Waals surface area contributed by atoms with E-state index in [1.807, 2.05) is 6.20 Å². The highest BCUT2D eigenvalue weighted by atomic mass is 79.9. The number of allylic oxidation sites excluding steroid dienone is 1. The van der Waals surface area contributed by atoms with Gasteiger partial charge in [0.25, 0.3) is 0 Å². The van der Waals surface area contributed by atoms with E-state index in [1.54, 1.807) is 0 Å². The van der Waals surface area contributed by atoms with Crippen LogP contribution in [0.2, 0.25) is 6.32 Å². The summed E-state index contributed by atoms with van der Waals surface area (Å²) < 4.78 is 1.11. The molecule has 0 fully saturated rings. The first-order chi connectivity index (χ1) is 15.7. The number of benzene rings is 3. The molecule has 0 radical (unpaired) electrons. The Bertz CT molecular complexity index is 1050. The summed E-state index contributed by atoms with van der Waals surface area (Å²) in [4.78, 5) is 7.74. The van der Waals surface area contributed by atoms with Gasteiger partial charge in [-0.05, 0) is 40.8 Å². The molecule has 0 amide bonds. The fourth-order valence-corrected chi connectivity index (χ4v) is 3.79. The maximum absolute atomic E-state index is 4.39. The molecular weight excluding hydrogens is 455 g/mol. The predicted octanol–water partition coefficient (Wildman–Crippen LogP) is 6.89. The minimum absolute atomic E-state index is 0.872. The van der Waals surface area contributed by atoms with E-state index in [9.17, 15) is 0 Å². The van der Waals surface area contributed by atoms with E-state index in [2.05, 4.69) is 132 Å². The summed E-state index contributed by atoms with van der Waals surface area (Å²) in [6.45, 7) is 2.18. The molecule has 1 heterocycles. The molecule has 0 saturated carbocycles. The van der Waals surface area contributed by atoms with Crippen molar-refractivity contribution in [1.82, 2.24) is 9.97 Å². The van der Waals surface area contributed by atoms with E-state index < -0.39 is 0 Å². The van der Waals surface area contributed by atoms with Crippen LogP contribution in [0.3, 0.4) is 0 Å². The van der Waals surface area contributed by atoms with Gasteiger partial charge in [-0.2, -0.15) is 0 Å². The first kappa shape index (κ1) is 23.8. The molecule has 0 aliphatic carbocycles. The number of H-pyrrole nitrogens is 1. The fourth-order valence-electron chi connectivity index (χ4n) is 3.53. The van der Waals surface area contributed by atoms with E-state index in [0.717, 1.165) is 35.9 Å². The molecule has 4 rings (SSSR count). The SMILES string of the molecule is BCC=C(c1ccccc1)c1ccccc1.CCCc1cnc(Cc2ccc(Br)cc2)[nH]1. The van der Waals surface area contributed by atoms with Gasteiger partial charge in [-0.25, -0.2) is 4.98 Å². The Kier molecular flexibility index (Phi) is 9.58. The van der Waals surface area contributed by atoms with Crippen LogP contribution in [0.4, 0.5) is 0 Å². The van der Waals surface area contributed by atoms with Crippen molar-refractivity contribution in [3.63, 3.8) is 0 Å². The Labute approximate surface area is 201 Å². The second kappa shape index (κ2) is 12.9. The van der Waals surface area contributed by atoms with Crippen LogP contribution in [-0.2, 0) is 12.8 Å². The second-order valence-electron chi connectivity index (χ2n) is 7.67. The number of halogens is 1. The molecule has 1 N–H and O–H groups in total. The number of aryl methyl sites for hydroxylation is 1. The van der Waals surface area contributed by atoms with Crippen LogP contribution in [-0.4, -0.2) is 17.8 Å². The molecular formula is C28H30BBrN2. The lowest BCUT2D eigenvalue weighted by Crippen LogP contribution is -1.91. The molecule has 0 bridgehead atoms. The molecule has 162 valence electrons. The van der Waals surface area contributed by atoms with Gasteiger partial charge in [-0.3, -0.25) is 0 Å². The van der Waals surface area contributed by atoms with Gasteiger partial charge >= 0.3 is 0 Å². The van der Waals surface area contributed by atoms with E-state index in [4.69, 9.17) is 0 Å². The Hall–Kier alpha value is -2.85. The largest absolute Gasteiger partial charge is 0.346 e. The van der Waals surface area contributed by atoms with Gasteiger partial charge in [0.05, 0.1) is 0 Å². The zero-order chi connectivity index (χ0) is 22.6. The molecule has 0 saturated heterocycles. The summed E-state index contributed by atoms with van der Waals surface area (Å²) >= 11 is 3.43. The lowest BCUT2D eigenvalue weighted by Gasteiger charge is -2.07. The summed E-state index contributed by atoms with van der Waals surface area (Å²) in [6.07, 6.45) is 8.38. The van der Waals surface area contributed by atoms with Crippen molar-refractivity contribution >= 4 is 29.3 Å². The van der Waals surface area contributed by atoms with Gasteiger partial charge in [-0.15, -0.1) is 0 Å². The lowest BCUT2D eigenvalue weighted by atomic mass is 9.93. The fraction of sp³-hybridized carbons (Fsp3) is 0.179. The van der Waals surface area contributed by atoms with E-state index >= 15 is 0 Å². The Morgan fingerprint density at radius 1 is 0.906 bits per heavy atom. The van der Waals surface area contributed by atoms with Crippen molar-refractivity contribution in [2.45, 2.75) is 32.5 Å². The zero-order valence-corrected chi connectivity index (χ0v) is 20.5. The van der Waals surface area contributed by atoms with Crippen LogP contribution in [0.1, 0.15) is 41.6 Å². The number of aromatic amines is 1. The standard InChI is InChI=1S/C15H15B.C13H15BrN2/c16-12-11-15(13-7-3-1-4-8-13)14-9-5-2-6-10-14;1-2-3-12-9-15-13(16-12)8-10-4-6-11(14)7-5-10/h1-11H,12,16H2;4-7,9H,2-3,8H2,1H3,(H,15,16). The van der Waals surface area contributed by atoms with Crippen LogP contribution < -0.4 is 0 Å². The monoisotopic (exact) mass is 484 g/mol. The third kappa shape index (κ3) is 7.38. The minimum atomic E-state index is 0.872. The molecule has 0 unspecified atom stereocenters. The molecule has 4 aromatic rings. The maximum Gasteiger partial charge on any atom is 0.110 e. The summed E-state index contributed by atoms with van der Waals surface area (Å²) in [6, 6.07) is 29.4. The maximum atomic E-state index is 4.39. The number of rotatable bonds is 7. The molecule has 0 spiro atoms. The van der Waals surface area contributed by atoms with Gasteiger partial charge in [0, 0.05) is 22.8 Å². The smallest absolute Gasteiger partial charge is 0.110 e. The van der Waals surface area contributed by atoms with Crippen molar-refractivity contribution in [3.05, 3.63) is 130 Å². The first-order valence-corrected chi connectivity index (χ1v) is 12.1. The highest BCUT2D eigenvalue weighted by Gasteiger charge is 2.03. The van der Waals surface area contributed by atoms with Crippen molar-refractivity contribution in [2.75, 3.05) is 0 Å². The first-order valence-electron chi connectivity index (χ1n) is 11.3. The average molecular weight is 485 g/mol. The molecule has 0 aliphatic heterocycles. The summed E-state index contributed by atoms with van der Waals surface area (Å²) in [5.74, 6) is 1.05. The van der Waals surface area contributed by atoms with Crippen LogP contribution in [0.25, 0.3) is 5.57 Å². The second-order valence-corrected chi connectivity index (χ2v) is 8.58. The van der Waals surface area contributed by atoms with E-state index in [-0.39, 0.29) is 0 Å². The molecule has 0 aliphatic rings. The van der Waals surface area contributed by atoms with Crippen molar-refractivity contribution in [1.29, 1.82) is 0 Å². The van der Waals surface area contributed by atoms with Crippen LogP contribution in [0, 0.1) is 0 Å². The lowest BCUT2D eigenvalue weighted by molar-refractivity contribution is 0.882. The minimum Gasteiger partial charge on any atom is -0.346 e. The number of imidazole rings is 1. The quantitative estimate of drug-likeness (QED) is 0.284. The summed E-state index contributed by atoms with van der Waals surface area (Å²) in [5.41, 5.74) is 6.41. The van der Waals surface area contributed by atoms with Gasteiger partial charge in [0.1, 0.15) is 13.7 Å². The zero-order valence-electron chi connectivity index (χ0n) is 18.9. The van der Waals surface area contributed by atoms with Crippen molar-refractivity contribution in [3.8, 4) is 0 Å². The molecule has 32 heavy (non-hydrogen) atoms. The van der Waals surface area contributed by atoms with E-state index in [1.165, 1.54) is 28.0 Å². The van der Waals surface area contributed by atoms with Crippen LogP contribution in [0.15, 0.2) is 102 Å². The molecule has 1 aromatic heterocycles. The number of hydrogen-bond donors (Lipinski definition) is 1. The highest BCUT2D eigenvalue weighted by Crippen LogP contribution is 2.23. The van der Waals surface area contributed by atoms with E-state index in [0.29, 0.717) is 0 Å². The predicted molar refractivity (Wildman–Crippen MR) is 143 cm³/mol. The topological polar surface area (TPSA) is 28.7 Å². The number of nitrogens with one attached hydrogen (secondary N) is 1. The van der Waals surface area contributed by atoms with Crippen LogP contribution >= 0.6 is 15.9 Å². The van der Waals surface area contributed by atoms with Gasteiger partial charge in [0.15, 0.2) is 0 Å². The number of nitrogens with zero attached hydrogens (tertiary/aromatic N) is 1. The van der Waals surface area contributed by atoms with Gasteiger partial charge in [-0.1, -0.05) is 114 Å². The third-order valence-electron chi connectivity index (χ3n) is 5.06. The third-order valence-corrected chi connectivity index (χ3v) is 5.59.